The minimum absolute atomic E-state index is 0.230. The molecule has 24 heavy (non-hydrogen) atoms. The van der Waals surface area contributed by atoms with Crippen LogP contribution in [0.25, 0.3) is 0 Å². The zero-order valence-electron chi connectivity index (χ0n) is 14.6. The van der Waals surface area contributed by atoms with E-state index in [4.69, 9.17) is 5.73 Å². The van der Waals surface area contributed by atoms with Crippen LogP contribution >= 0.6 is 11.8 Å². The summed E-state index contributed by atoms with van der Waals surface area (Å²) in [5, 5.41) is 6.15. The maximum atomic E-state index is 13.2. The summed E-state index contributed by atoms with van der Waals surface area (Å²) in [6.07, 6.45) is 7.34. The van der Waals surface area contributed by atoms with Crippen molar-refractivity contribution in [2.75, 3.05) is 26.0 Å². The molecule has 134 valence electrons. The van der Waals surface area contributed by atoms with Gasteiger partial charge in [0.2, 0.25) is 0 Å². The number of alkyl halides is 1. The van der Waals surface area contributed by atoms with E-state index in [1.54, 1.807) is 6.20 Å². The standard InChI is InChI=1S/C19H30FN3S/c1-22-10-9-17(21)13-23-18(12-20)11-15-5-7-19(8-6-15)24-14-16-3-2-4-16/h5-8,13,16,18,22-23H,2-4,9-12,14,21H2,1H3/b17-13-/t18-/m0/s1. The Hall–Kier alpha value is -1.20. The van der Waals surface area contributed by atoms with Gasteiger partial charge in [-0.3, -0.25) is 0 Å². The molecule has 2 rings (SSSR count). The predicted molar refractivity (Wildman–Crippen MR) is 102 cm³/mol. The Morgan fingerprint density at radius 3 is 2.71 bits per heavy atom. The number of nitrogens with one attached hydrogen (secondary N) is 2. The first-order valence-electron chi connectivity index (χ1n) is 8.84. The zero-order chi connectivity index (χ0) is 17.2. The number of hydrogen-bond donors (Lipinski definition) is 3. The molecule has 0 aliphatic heterocycles. The fourth-order valence-corrected chi connectivity index (χ4v) is 3.69. The van der Waals surface area contributed by atoms with Gasteiger partial charge in [-0.2, -0.15) is 0 Å². The second kappa shape index (κ2) is 10.6. The molecule has 0 radical (unpaired) electrons. The van der Waals surface area contributed by atoms with Crippen molar-refractivity contribution < 1.29 is 4.39 Å². The lowest BCUT2D eigenvalue weighted by Crippen LogP contribution is -2.30. The number of rotatable bonds is 11. The van der Waals surface area contributed by atoms with E-state index in [1.807, 2.05) is 18.8 Å². The van der Waals surface area contributed by atoms with Crippen molar-refractivity contribution in [3.05, 3.63) is 41.7 Å². The zero-order valence-corrected chi connectivity index (χ0v) is 15.4. The molecule has 5 heteroatoms. The lowest BCUT2D eigenvalue weighted by molar-refractivity contribution is 0.353. The Balaban J connectivity index is 1.77. The van der Waals surface area contributed by atoms with Gasteiger partial charge in [0, 0.05) is 35.5 Å². The Morgan fingerprint density at radius 1 is 1.38 bits per heavy atom. The lowest BCUT2D eigenvalue weighted by atomic mass is 9.87. The van der Waals surface area contributed by atoms with Crippen molar-refractivity contribution in [1.82, 2.24) is 10.6 Å². The number of nitrogens with two attached hydrogens (primary N) is 1. The van der Waals surface area contributed by atoms with Gasteiger partial charge in [-0.25, -0.2) is 4.39 Å². The third-order valence-electron chi connectivity index (χ3n) is 4.47. The maximum absolute atomic E-state index is 13.2. The predicted octanol–water partition coefficient (Wildman–Crippen LogP) is 3.46. The van der Waals surface area contributed by atoms with Crippen LogP contribution in [-0.2, 0) is 6.42 Å². The van der Waals surface area contributed by atoms with Crippen molar-refractivity contribution >= 4 is 11.8 Å². The van der Waals surface area contributed by atoms with E-state index < -0.39 is 6.67 Å². The summed E-state index contributed by atoms with van der Waals surface area (Å²) >= 11 is 1.94. The van der Waals surface area contributed by atoms with Gasteiger partial charge >= 0.3 is 0 Å². The van der Waals surface area contributed by atoms with Crippen LogP contribution in [-0.4, -0.2) is 32.1 Å². The molecule has 0 spiro atoms. The van der Waals surface area contributed by atoms with Crippen LogP contribution in [0.15, 0.2) is 41.1 Å². The van der Waals surface area contributed by atoms with Crippen molar-refractivity contribution in [3.63, 3.8) is 0 Å². The van der Waals surface area contributed by atoms with Crippen LogP contribution in [0, 0.1) is 5.92 Å². The third kappa shape index (κ3) is 6.73. The second-order valence-electron chi connectivity index (χ2n) is 6.55. The molecule has 1 aliphatic carbocycles. The third-order valence-corrected chi connectivity index (χ3v) is 5.71. The van der Waals surface area contributed by atoms with Crippen LogP contribution in [0.1, 0.15) is 31.2 Å². The molecule has 1 aliphatic rings. The molecule has 0 aromatic heterocycles. The Labute approximate surface area is 149 Å². The van der Waals surface area contributed by atoms with Crippen molar-refractivity contribution in [2.24, 2.45) is 11.7 Å². The van der Waals surface area contributed by atoms with Crippen LogP contribution in [0.3, 0.4) is 0 Å². The lowest BCUT2D eigenvalue weighted by Gasteiger charge is -2.24. The highest BCUT2D eigenvalue weighted by molar-refractivity contribution is 7.99. The Kier molecular flexibility index (Phi) is 8.47. The van der Waals surface area contributed by atoms with Gasteiger partial charge < -0.3 is 16.4 Å². The summed E-state index contributed by atoms with van der Waals surface area (Å²) < 4.78 is 13.2. The van der Waals surface area contributed by atoms with E-state index in [-0.39, 0.29) is 6.04 Å². The summed E-state index contributed by atoms with van der Waals surface area (Å²) in [6.45, 7) is 0.415. The first kappa shape index (κ1) is 19.1. The number of halogens is 1. The average Bonchev–Trinajstić information content (AvgIpc) is 2.56. The fraction of sp³-hybridized carbons (Fsp3) is 0.579. The topological polar surface area (TPSA) is 50.1 Å². The molecule has 1 saturated carbocycles. The van der Waals surface area contributed by atoms with Gasteiger partial charge in [0.1, 0.15) is 6.67 Å². The Bertz CT molecular complexity index is 500. The smallest absolute Gasteiger partial charge is 0.110 e. The summed E-state index contributed by atoms with van der Waals surface area (Å²) in [6, 6.07) is 8.31. The van der Waals surface area contributed by atoms with E-state index in [9.17, 15) is 4.39 Å². The molecule has 0 unspecified atom stereocenters. The van der Waals surface area contributed by atoms with E-state index in [1.165, 1.54) is 29.9 Å². The molecular formula is C19H30FN3S. The first-order valence-corrected chi connectivity index (χ1v) is 9.82. The molecule has 1 atom stereocenters. The van der Waals surface area contributed by atoms with Crippen molar-refractivity contribution in [3.8, 4) is 0 Å². The number of benzene rings is 1. The fourth-order valence-electron chi connectivity index (χ4n) is 2.60. The van der Waals surface area contributed by atoms with E-state index in [0.717, 1.165) is 30.1 Å². The molecule has 4 N–H and O–H groups in total. The molecule has 3 nitrogen and oxygen atoms in total. The summed E-state index contributed by atoms with van der Waals surface area (Å²) in [4.78, 5) is 1.31. The van der Waals surface area contributed by atoms with Crippen LogP contribution in [0.2, 0.25) is 0 Å². The second-order valence-corrected chi connectivity index (χ2v) is 7.64. The van der Waals surface area contributed by atoms with E-state index in [2.05, 4.69) is 34.9 Å². The molecule has 1 fully saturated rings. The molecule has 0 heterocycles. The van der Waals surface area contributed by atoms with Crippen LogP contribution in [0.4, 0.5) is 4.39 Å². The summed E-state index contributed by atoms with van der Waals surface area (Å²) in [7, 11) is 1.89. The minimum atomic E-state index is -0.409. The molecular weight excluding hydrogens is 321 g/mol. The van der Waals surface area contributed by atoms with Gasteiger partial charge in [-0.05, 0) is 49.9 Å². The molecule has 0 saturated heterocycles. The van der Waals surface area contributed by atoms with Gasteiger partial charge in [-0.1, -0.05) is 18.6 Å². The molecule has 0 bridgehead atoms. The summed E-state index contributed by atoms with van der Waals surface area (Å²) in [5.41, 5.74) is 7.78. The number of thioether (sulfide) groups is 1. The van der Waals surface area contributed by atoms with E-state index >= 15 is 0 Å². The molecule has 0 amide bonds. The quantitative estimate of drug-likeness (QED) is 0.535. The highest BCUT2D eigenvalue weighted by Gasteiger charge is 2.17. The van der Waals surface area contributed by atoms with Crippen molar-refractivity contribution in [2.45, 2.75) is 43.0 Å². The van der Waals surface area contributed by atoms with E-state index in [0.29, 0.717) is 6.42 Å². The monoisotopic (exact) mass is 351 g/mol. The van der Waals surface area contributed by atoms with Crippen LogP contribution in [0.5, 0.6) is 0 Å². The van der Waals surface area contributed by atoms with Crippen molar-refractivity contribution in [1.29, 1.82) is 0 Å². The van der Waals surface area contributed by atoms with Gasteiger partial charge in [0.25, 0.3) is 0 Å². The minimum Gasteiger partial charge on any atom is -0.401 e. The number of hydrogen-bond acceptors (Lipinski definition) is 4. The first-order chi connectivity index (χ1) is 11.7. The highest BCUT2D eigenvalue weighted by Crippen LogP contribution is 2.32. The van der Waals surface area contributed by atoms with Gasteiger partial charge in [0.15, 0.2) is 0 Å². The maximum Gasteiger partial charge on any atom is 0.110 e. The summed E-state index contributed by atoms with van der Waals surface area (Å²) in [5.74, 6) is 2.14. The van der Waals surface area contributed by atoms with Gasteiger partial charge in [0.05, 0.1) is 6.04 Å². The largest absolute Gasteiger partial charge is 0.401 e. The highest BCUT2D eigenvalue weighted by atomic mass is 32.2. The molecule has 1 aromatic rings. The van der Waals surface area contributed by atoms with Crippen LogP contribution < -0.4 is 16.4 Å². The average molecular weight is 352 g/mol. The normalized spacial score (nSPS) is 16.7. The van der Waals surface area contributed by atoms with Gasteiger partial charge in [-0.15, -0.1) is 11.8 Å². The Morgan fingerprint density at radius 2 is 2.12 bits per heavy atom. The molecule has 1 aromatic carbocycles. The SMILES string of the molecule is CNCC/C(N)=C/N[C@H](CF)Cc1ccc(SCC2CCC2)cc1.